The van der Waals surface area contributed by atoms with Gasteiger partial charge in [-0.2, -0.15) is 0 Å². The highest BCUT2D eigenvalue weighted by atomic mass is 32.2. The molecule has 0 saturated carbocycles. The maximum Gasteiger partial charge on any atom is 0.230 e. The molecule has 0 bridgehead atoms. The maximum atomic E-state index is 13.1. The Morgan fingerprint density at radius 3 is 2.52 bits per heavy atom. The van der Waals surface area contributed by atoms with Crippen LogP contribution in [0.15, 0.2) is 53.4 Å². The molecule has 0 aromatic heterocycles. The van der Waals surface area contributed by atoms with Crippen molar-refractivity contribution in [2.75, 3.05) is 5.75 Å². The van der Waals surface area contributed by atoms with Crippen LogP contribution in [-0.2, 0) is 4.79 Å². The summed E-state index contributed by atoms with van der Waals surface area (Å²) in [6, 6.07) is 13.4. The Morgan fingerprint density at radius 1 is 1.13 bits per heavy atom. The zero-order chi connectivity index (χ0) is 16.7. The average Bonchev–Trinajstić information content (AvgIpc) is 2.56. The molecule has 1 N–H and O–H groups in total. The summed E-state index contributed by atoms with van der Waals surface area (Å²) in [5.41, 5.74) is 1.07. The minimum absolute atomic E-state index is 0.0285. The Labute approximate surface area is 139 Å². The van der Waals surface area contributed by atoms with Crippen molar-refractivity contribution in [3.63, 3.8) is 0 Å². The van der Waals surface area contributed by atoms with Crippen LogP contribution in [0, 0.1) is 11.6 Å². The Morgan fingerprint density at radius 2 is 1.87 bits per heavy atom. The summed E-state index contributed by atoms with van der Waals surface area (Å²) in [6.07, 6.45) is 1.81. The SMILES string of the molecule is CCCC(NC(=O)CSc1ccc(F)c(F)c1)c1ccccc1. The first-order valence-corrected chi connectivity index (χ1v) is 8.51. The third-order valence-corrected chi connectivity index (χ3v) is 4.37. The molecule has 2 aromatic carbocycles. The Balaban J connectivity index is 1.92. The van der Waals surface area contributed by atoms with Crippen LogP contribution < -0.4 is 5.32 Å². The monoisotopic (exact) mass is 335 g/mol. The van der Waals surface area contributed by atoms with Crippen LogP contribution in [0.25, 0.3) is 0 Å². The summed E-state index contributed by atoms with van der Waals surface area (Å²) in [5.74, 6) is -1.74. The summed E-state index contributed by atoms with van der Waals surface area (Å²) < 4.78 is 26.0. The highest BCUT2D eigenvalue weighted by Crippen LogP contribution is 2.22. The quantitative estimate of drug-likeness (QED) is 0.742. The summed E-state index contributed by atoms with van der Waals surface area (Å²) in [4.78, 5) is 12.7. The molecule has 2 aromatic rings. The number of thioether (sulfide) groups is 1. The summed E-state index contributed by atoms with van der Waals surface area (Å²) in [5, 5.41) is 3.00. The van der Waals surface area contributed by atoms with Gasteiger partial charge in [0.25, 0.3) is 0 Å². The second-order valence-corrected chi connectivity index (χ2v) is 6.23. The number of halogens is 2. The second-order valence-electron chi connectivity index (χ2n) is 5.18. The lowest BCUT2D eigenvalue weighted by atomic mass is 10.0. The summed E-state index contributed by atoms with van der Waals surface area (Å²) >= 11 is 1.19. The molecule has 122 valence electrons. The van der Waals surface area contributed by atoms with Crippen LogP contribution in [0.3, 0.4) is 0 Å². The zero-order valence-electron chi connectivity index (χ0n) is 12.9. The van der Waals surface area contributed by atoms with E-state index < -0.39 is 11.6 Å². The molecular formula is C18H19F2NOS. The van der Waals surface area contributed by atoms with Gasteiger partial charge in [0.15, 0.2) is 11.6 Å². The maximum absolute atomic E-state index is 13.1. The highest BCUT2D eigenvalue weighted by molar-refractivity contribution is 8.00. The molecule has 2 nitrogen and oxygen atoms in total. The van der Waals surface area contributed by atoms with E-state index in [2.05, 4.69) is 12.2 Å². The fourth-order valence-electron chi connectivity index (χ4n) is 2.25. The van der Waals surface area contributed by atoms with Crippen molar-refractivity contribution in [3.05, 3.63) is 65.7 Å². The smallest absolute Gasteiger partial charge is 0.230 e. The third kappa shape index (κ3) is 5.36. The van der Waals surface area contributed by atoms with E-state index in [0.717, 1.165) is 30.5 Å². The van der Waals surface area contributed by atoms with Crippen molar-refractivity contribution in [2.24, 2.45) is 0 Å². The molecule has 0 saturated heterocycles. The molecule has 0 fully saturated rings. The molecule has 1 unspecified atom stereocenters. The number of amides is 1. The standard InChI is InChI=1S/C18H19F2NOS/c1-2-6-17(13-7-4-3-5-8-13)21-18(22)12-23-14-9-10-15(19)16(20)11-14/h3-5,7-11,17H,2,6,12H2,1H3,(H,21,22). The minimum atomic E-state index is -0.899. The first kappa shape index (κ1) is 17.5. The van der Waals surface area contributed by atoms with Crippen molar-refractivity contribution in [2.45, 2.75) is 30.7 Å². The van der Waals surface area contributed by atoms with Gasteiger partial charge < -0.3 is 5.32 Å². The topological polar surface area (TPSA) is 29.1 Å². The summed E-state index contributed by atoms with van der Waals surface area (Å²) in [7, 11) is 0. The highest BCUT2D eigenvalue weighted by Gasteiger charge is 2.14. The molecule has 23 heavy (non-hydrogen) atoms. The van der Waals surface area contributed by atoms with Crippen LogP contribution in [0.4, 0.5) is 8.78 Å². The lowest BCUT2D eigenvalue weighted by Crippen LogP contribution is -2.29. The minimum Gasteiger partial charge on any atom is -0.349 e. The lowest BCUT2D eigenvalue weighted by Gasteiger charge is -2.18. The van der Waals surface area contributed by atoms with Crippen molar-refractivity contribution in [3.8, 4) is 0 Å². The van der Waals surface area contributed by atoms with Crippen molar-refractivity contribution in [1.29, 1.82) is 0 Å². The van der Waals surface area contributed by atoms with E-state index in [1.807, 2.05) is 30.3 Å². The Hall–Kier alpha value is -1.88. The molecule has 1 atom stereocenters. The first-order valence-electron chi connectivity index (χ1n) is 7.52. The van der Waals surface area contributed by atoms with E-state index in [4.69, 9.17) is 0 Å². The number of hydrogen-bond acceptors (Lipinski definition) is 2. The van der Waals surface area contributed by atoms with Gasteiger partial charge in [0, 0.05) is 4.90 Å². The van der Waals surface area contributed by atoms with Gasteiger partial charge in [-0.15, -0.1) is 11.8 Å². The van der Waals surface area contributed by atoms with Gasteiger partial charge in [-0.05, 0) is 30.2 Å². The van der Waals surface area contributed by atoms with E-state index in [9.17, 15) is 13.6 Å². The molecule has 5 heteroatoms. The average molecular weight is 335 g/mol. The van der Waals surface area contributed by atoms with Crippen LogP contribution in [-0.4, -0.2) is 11.7 Å². The molecule has 0 radical (unpaired) electrons. The predicted molar refractivity (Wildman–Crippen MR) is 89.3 cm³/mol. The first-order chi connectivity index (χ1) is 11.1. The molecule has 0 aliphatic rings. The number of carbonyl (C=O) groups is 1. The van der Waals surface area contributed by atoms with Crippen LogP contribution in [0.5, 0.6) is 0 Å². The molecule has 0 spiro atoms. The van der Waals surface area contributed by atoms with Crippen LogP contribution in [0.2, 0.25) is 0 Å². The number of benzene rings is 2. The van der Waals surface area contributed by atoms with Crippen LogP contribution in [0.1, 0.15) is 31.4 Å². The number of rotatable bonds is 7. The van der Waals surface area contributed by atoms with E-state index in [1.165, 1.54) is 17.8 Å². The molecular weight excluding hydrogens is 316 g/mol. The van der Waals surface area contributed by atoms with Gasteiger partial charge in [-0.25, -0.2) is 8.78 Å². The molecule has 0 aliphatic heterocycles. The predicted octanol–water partition coefficient (Wildman–Crippen LogP) is 4.71. The van der Waals surface area contributed by atoms with E-state index in [-0.39, 0.29) is 17.7 Å². The van der Waals surface area contributed by atoms with Gasteiger partial charge >= 0.3 is 0 Å². The van der Waals surface area contributed by atoms with Gasteiger partial charge in [0.2, 0.25) is 5.91 Å². The molecule has 1 amide bonds. The van der Waals surface area contributed by atoms with Crippen molar-refractivity contribution in [1.82, 2.24) is 5.32 Å². The fourth-order valence-corrected chi connectivity index (χ4v) is 2.98. The fraction of sp³-hybridized carbons (Fsp3) is 0.278. The number of hydrogen-bond donors (Lipinski definition) is 1. The van der Waals surface area contributed by atoms with E-state index >= 15 is 0 Å². The van der Waals surface area contributed by atoms with Crippen molar-refractivity contribution < 1.29 is 13.6 Å². The van der Waals surface area contributed by atoms with Gasteiger partial charge in [0.1, 0.15) is 0 Å². The Bertz CT molecular complexity index is 649. The third-order valence-electron chi connectivity index (χ3n) is 3.38. The Kier molecular flexibility index (Phi) is 6.59. The second kappa shape index (κ2) is 8.67. The van der Waals surface area contributed by atoms with Gasteiger partial charge in [-0.1, -0.05) is 43.7 Å². The summed E-state index contributed by atoms with van der Waals surface area (Å²) in [6.45, 7) is 2.07. The normalized spacial score (nSPS) is 12.0. The van der Waals surface area contributed by atoms with Crippen molar-refractivity contribution >= 4 is 17.7 Å². The van der Waals surface area contributed by atoms with Crippen LogP contribution >= 0.6 is 11.8 Å². The van der Waals surface area contributed by atoms with Gasteiger partial charge in [-0.3, -0.25) is 4.79 Å². The molecule has 0 aliphatic carbocycles. The van der Waals surface area contributed by atoms with Gasteiger partial charge in [0.05, 0.1) is 11.8 Å². The number of carbonyl (C=O) groups excluding carboxylic acids is 1. The molecule has 0 heterocycles. The van der Waals surface area contributed by atoms with E-state index in [1.54, 1.807) is 0 Å². The largest absolute Gasteiger partial charge is 0.349 e. The number of nitrogens with one attached hydrogen (secondary N) is 1. The molecule has 2 rings (SSSR count). The van der Waals surface area contributed by atoms with E-state index in [0.29, 0.717) is 4.90 Å². The lowest BCUT2D eigenvalue weighted by molar-refractivity contribution is -0.119. The zero-order valence-corrected chi connectivity index (χ0v) is 13.7.